The third kappa shape index (κ3) is 2.25. The Morgan fingerprint density at radius 3 is 2.61 bits per heavy atom. The molecule has 1 heterocycles. The quantitative estimate of drug-likeness (QED) is 0.884. The number of nitrogens with one attached hydrogen (secondary N) is 1. The van der Waals surface area contributed by atoms with Gasteiger partial charge in [0.1, 0.15) is 17.7 Å². The summed E-state index contributed by atoms with van der Waals surface area (Å²) in [5.41, 5.74) is 0.130. The van der Waals surface area contributed by atoms with Gasteiger partial charge in [0.05, 0.1) is 5.69 Å². The molecule has 0 spiro atoms. The highest BCUT2D eigenvalue weighted by Crippen LogP contribution is 2.22. The fourth-order valence-electron chi connectivity index (χ4n) is 1.38. The van der Waals surface area contributed by atoms with E-state index in [0.717, 1.165) is 12.1 Å². The van der Waals surface area contributed by atoms with Crippen molar-refractivity contribution in [3.05, 3.63) is 47.4 Å². The molecule has 18 heavy (non-hydrogen) atoms. The first-order valence-electron chi connectivity index (χ1n) is 5.05. The summed E-state index contributed by atoms with van der Waals surface area (Å²) in [6, 6.07) is 3.89. The Balaban J connectivity index is 2.41. The van der Waals surface area contributed by atoms with Gasteiger partial charge in [-0.3, -0.25) is 0 Å². The molecule has 0 fully saturated rings. The molecule has 0 unspecified atom stereocenters. The number of hydrogen-bond donors (Lipinski definition) is 1. The molecule has 0 aliphatic carbocycles. The van der Waals surface area contributed by atoms with Crippen LogP contribution in [0.3, 0.4) is 0 Å². The predicted octanol–water partition coefficient (Wildman–Crippen LogP) is 2.68. The summed E-state index contributed by atoms with van der Waals surface area (Å²) in [6.07, 6.45) is 2.70. The van der Waals surface area contributed by atoms with Gasteiger partial charge >= 0.3 is 0 Å². The van der Waals surface area contributed by atoms with Gasteiger partial charge in [0, 0.05) is 18.5 Å². The minimum absolute atomic E-state index is 0.0119. The number of halogens is 2. The molecular weight excluding hydrogens is 238 g/mol. The molecule has 1 aromatic heterocycles. The van der Waals surface area contributed by atoms with Gasteiger partial charge in [-0.15, -0.1) is 0 Å². The highest BCUT2D eigenvalue weighted by atomic mass is 19.1. The van der Waals surface area contributed by atoms with Crippen LogP contribution >= 0.6 is 0 Å². The van der Waals surface area contributed by atoms with E-state index in [0.29, 0.717) is 0 Å². The predicted molar refractivity (Wildman–Crippen MR) is 61.1 cm³/mol. The van der Waals surface area contributed by atoms with Crippen LogP contribution in [0.15, 0.2) is 24.5 Å². The molecule has 0 aliphatic rings. The number of aryl methyl sites for hydroxylation is 1. The SMILES string of the molecule is Cc1cc(F)c(Nc2nccnc2C#N)cc1F. The number of hydrogen-bond acceptors (Lipinski definition) is 4. The van der Waals surface area contributed by atoms with Crippen LogP contribution in [0.25, 0.3) is 0 Å². The van der Waals surface area contributed by atoms with Gasteiger partial charge < -0.3 is 5.32 Å². The lowest BCUT2D eigenvalue weighted by atomic mass is 10.2. The minimum atomic E-state index is -0.622. The second-order valence-corrected chi connectivity index (χ2v) is 3.57. The van der Waals surface area contributed by atoms with Crippen LogP contribution in [0.4, 0.5) is 20.3 Å². The van der Waals surface area contributed by atoms with Gasteiger partial charge in [0.2, 0.25) is 0 Å². The van der Waals surface area contributed by atoms with Gasteiger partial charge in [0.25, 0.3) is 0 Å². The van der Waals surface area contributed by atoms with Crippen molar-refractivity contribution in [3.8, 4) is 6.07 Å². The lowest BCUT2D eigenvalue weighted by molar-refractivity contribution is 0.595. The summed E-state index contributed by atoms with van der Waals surface area (Å²) < 4.78 is 26.9. The van der Waals surface area contributed by atoms with Crippen molar-refractivity contribution in [2.45, 2.75) is 6.92 Å². The fourth-order valence-corrected chi connectivity index (χ4v) is 1.38. The van der Waals surface area contributed by atoms with E-state index >= 15 is 0 Å². The summed E-state index contributed by atoms with van der Waals surface area (Å²) >= 11 is 0. The van der Waals surface area contributed by atoms with E-state index in [2.05, 4.69) is 15.3 Å². The summed E-state index contributed by atoms with van der Waals surface area (Å²) in [5.74, 6) is -1.08. The Kier molecular flexibility index (Phi) is 3.15. The molecule has 1 N–H and O–H groups in total. The van der Waals surface area contributed by atoms with E-state index in [1.54, 1.807) is 0 Å². The number of anilines is 2. The number of aromatic nitrogens is 2. The number of benzene rings is 1. The first kappa shape index (κ1) is 11.9. The summed E-state index contributed by atoms with van der Waals surface area (Å²) in [6.45, 7) is 1.46. The molecule has 6 heteroatoms. The maximum Gasteiger partial charge on any atom is 0.183 e. The second kappa shape index (κ2) is 4.75. The summed E-state index contributed by atoms with van der Waals surface area (Å²) in [5, 5.41) is 11.4. The smallest absolute Gasteiger partial charge is 0.183 e. The van der Waals surface area contributed by atoms with Gasteiger partial charge in [-0.05, 0) is 18.6 Å². The maximum atomic E-state index is 13.6. The van der Waals surface area contributed by atoms with Crippen molar-refractivity contribution in [2.75, 3.05) is 5.32 Å². The van der Waals surface area contributed by atoms with Gasteiger partial charge in [-0.25, -0.2) is 18.7 Å². The molecule has 0 amide bonds. The van der Waals surface area contributed by atoms with E-state index in [-0.39, 0.29) is 22.8 Å². The van der Waals surface area contributed by atoms with Gasteiger partial charge in [0.15, 0.2) is 11.5 Å². The van der Waals surface area contributed by atoms with Crippen LogP contribution in [0.1, 0.15) is 11.3 Å². The molecule has 0 aliphatic heterocycles. The zero-order valence-corrected chi connectivity index (χ0v) is 9.41. The standard InChI is InChI=1S/C12H8F2N4/c1-7-4-9(14)10(5-8(7)13)18-12-11(6-15)16-2-3-17-12/h2-5H,1H3,(H,17,18). The van der Waals surface area contributed by atoms with Crippen molar-refractivity contribution in [2.24, 2.45) is 0 Å². The molecule has 90 valence electrons. The Morgan fingerprint density at radius 1 is 1.17 bits per heavy atom. The summed E-state index contributed by atoms with van der Waals surface area (Å²) in [4.78, 5) is 7.61. The van der Waals surface area contributed by atoms with E-state index in [1.165, 1.54) is 19.3 Å². The molecule has 0 saturated heterocycles. The first-order valence-corrected chi connectivity index (χ1v) is 5.05. The molecule has 0 bridgehead atoms. The van der Waals surface area contributed by atoms with E-state index < -0.39 is 11.6 Å². The van der Waals surface area contributed by atoms with Crippen LogP contribution < -0.4 is 5.32 Å². The van der Waals surface area contributed by atoms with Gasteiger partial charge in [-0.2, -0.15) is 5.26 Å². The Morgan fingerprint density at radius 2 is 1.89 bits per heavy atom. The molecule has 0 saturated carbocycles. The van der Waals surface area contributed by atoms with Crippen LogP contribution in [-0.4, -0.2) is 9.97 Å². The van der Waals surface area contributed by atoms with Crippen molar-refractivity contribution in [3.63, 3.8) is 0 Å². The average molecular weight is 246 g/mol. The molecule has 0 atom stereocenters. The molecule has 1 aromatic carbocycles. The lowest BCUT2D eigenvalue weighted by Gasteiger charge is -2.08. The average Bonchev–Trinajstić information content (AvgIpc) is 2.36. The highest BCUT2D eigenvalue weighted by molar-refractivity contribution is 5.61. The van der Waals surface area contributed by atoms with Crippen LogP contribution in [0.2, 0.25) is 0 Å². The zero-order chi connectivity index (χ0) is 13.1. The van der Waals surface area contributed by atoms with E-state index in [1.807, 2.05) is 6.07 Å². The topological polar surface area (TPSA) is 61.6 Å². The number of nitriles is 1. The van der Waals surface area contributed by atoms with Crippen molar-refractivity contribution in [1.29, 1.82) is 5.26 Å². The molecule has 4 nitrogen and oxygen atoms in total. The second-order valence-electron chi connectivity index (χ2n) is 3.57. The van der Waals surface area contributed by atoms with Crippen LogP contribution in [0, 0.1) is 29.9 Å². The fraction of sp³-hybridized carbons (Fsp3) is 0.0833. The van der Waals surface area contributed by atoms with Crippen LogP contribution in [0.5, 0.6) is 0 Å². The van der Waals surface area contributed by atoms with E-state index in [4.69, 9.17) is 5.26 Å². The van der Waals surface area contributed by atoms with Crippen LogP contribution in [-0.2, 0) is 0 Å². The number of rotatable bonds is 2. The maximum absolute atomic E-state index is 13.6. The molecule has 2 aromatic rings. The lowest BCUT2D eigenvalue weighted by Crippen LogP contribution is -2.01. The van der Waals surface area contributed by atoms with Crippen molar-refractivity contribution >= 4 is 11.5 Å². The molecule has 2 rings (SSSR count). The normalized spacial score (nSPS) is 9.89. The van der Waals surface area contributed by atoms with Gasteiger partial charge in [-0.1, -0.05) is 0 Å². The monoisotopic (exact) mass is 246 g/mol. The highest BCUT2D eigenvalue weighted by Gasteiger charge is 2.10. The first-order chi connectivity index (χ1) is 8.61. The van der Waals surface area contributed by atoms with Crippen molar-refractivity contribution in [1.82, 2.24) is 9.97 Å². The molecular formula is C12H8F2N4. The number of nitrogens with zero attached hydrogens (tertiary/aromatic N) is 3. The van der Waals surface area contributed by atoms with Crippen molar-refractivity contribution < 1.29 is 8.78 Å². The van der Waals surface area contributed by atoms with E-state index in [9.17, 15) is 8.78 Å². The minimum Gasteiger partial charge on any atom is -0.335 e. The Labute approximate surface area is 102 Å². The Hall–Kier alpha value is -2.55. The summed E-state index contributed by atoms with van der Waals surface area (Å²) in [7, 11) is 0. The third-order valence-electron chi connectivity index (χ3n) is 2.31. The third-order valence-corrected chi connectivity index (χ3v) is 2.31. The largest absolute Gasteiger partial charge is 0.335 e. The zero-order valence-electron chi connectivity index (χ0n) is 9.41. The Bertz CT molecular complexity index is 634. The molecule has 0 radical (unpaired) electrons.